The van der Waals surface area contributed by atoms with Crippen LogP contribution in [0.1, 0.15) is 16.7 Å². The smallest absolute Gasteiger partial charge is 0.363 e. The van der Waals surface area contributed by atoms with Crippen LogP contribution in [-0.2, 0) is 9.53 Å². The molecular weight excluding hydrogens is 364 g/mol. The van der Waals surface area contributed by atoms with E-state index in [9.17, 15) is 19.7 Å². The fourth-order valence-electron chi connectivity index (χ4n) is 2.81. The van der Waals surface area contributed by atoms with Crippen LogP contribution in [0.25, 0.3) is 17.0 Å². The molecule has 1 aliphatic heterocycles. The highest BCUT2D eigenvalue weighted by molar-refractivity contribution is 6.13. The largest absolute Gasteiger partial charge is 0.463 e. The predicted molar refractivity (Wildman–Crippen MR) is 101 cm³/mol. The quantitative estimate of drug-likeness (QED) is 0.300. The molecule has 0 atom stereocenters. The first-order valence-corrected chi connectivity index (χ1v) is 8.22. The van der Waals surface area contributed by atoms with Crippen LogP contribution in [0.15, 0.2) is 68.6 Å². The number of carbonyl (C=O) groups excluding carboxylic acids is 1. The molecule has 0 bridgehead atoms. The van der Waals surface area contributed by atoms with E-state index in [0.29, 0.717) is 22.1 Å². The molecule has 3 aromatic rings. The topological polar surface area (TPSA) is 112 Å². The zero-order valence-electron chi connectivity index (χ0n) is 14.5. The normalized spacial score (nSPS) is 15.0. The molecule has 138 valence electrons. The fraction of sp³-hybridized carbons (Fsp3) is 0.0500. The lowest BCUT2D eigenvalue weighted by Crippen LogP contribution is -2.07. The molecule has 4 rings (SSSR count). The maximum atomic E-state index is 12.6. The number of nitro benzene ring substituents is 1. The van der Waals surface area contributed by atoms with Gasteiger partial charge in [-0.15, -0.1) is 0 Å². The van der Waals surface area contributed by atoms with Gasteiger partial charge >= 0.3 is 5.97 Å². The van der Waals surface area contributed by atoms with E-state index in [-0.39, 0.29) is 28.3 Å². The Hall–Kier alpha value is -4.07. The van der Waals surface area contributed by atoms with Crippen molar-refractivity contribution in [1.82, 2.24) is 0 Å². The first-order valence-electron chi connectivity index (χ1n) is 8.22. The van der Waals surface area contributed by atoms with E-state index in [1.165, 1.54) is 18.4 Å². The lowest BCUT2D eigenvalue weighted by atomic mass is 10.1. The third-order valence-electron chi connectivity index (χ3n) is 4.27. The van der Waals surface area contributed by atoms with Crippen LogP contribution < -0.4 is 5.43 Å². The van der Waals surface area contributed by atoms with Gasteiger partial charge in [0.2, 0.25) is 5.90 Å². The number of para-hydroxylation sites is 1. The first kappa shape index (κ1) is 17.3. The number of cyclic esters (lactones) is 1. The lowest BCUT2D eigenvalue weighted by Gasteiger charge is -2.01. The van der Waals surface area contributed by atoms with E-state index in [0.717, 1.165) is 0 Å². The van der Waals surface area contributed by atoms with E-state index in [1.807, 2.05) is 0 Å². The van der Waals surface area contributed by atoms with E-state index in [2.05, 4.69) is 4.99 Å². The number of aryl methyl sites for hydroxylation is 1. The second-order valence-electron chi connectivity index (χ2n) is 6.11. The fourth-order valence-corrected chi connectivity index (χ4v) is 2.81. The molecule has 0 saturated carbocycles. The summed E-state index contributed by atoms with van der Waals surface area (Å²) in [7, 11) is 0. The van der Waals surface area contributed by atoms with Crippen LogP contribution >= 0.6 is 0 Å². The van der Waals surface area contributed by atoms with Crippen molar-refractivity contribution in [2.45, 2.75) is 6.92 Å². The van der Waals surface area contributed by atoms with Gasteiger partial charge in [0.05, 0.1) is 15.9 Å². The third-order valence-corrected chi connectivity index (χ3v) is 4.27. The maximum absolute atomic E-state index is 12.6. The van der Waals surface area contributed by atoms with Gasteiger partial charge in [0.25, 0.3) is 5.69 Å². The zero-order chi connectivity index (χ0) is 19.8. The summed E-state index contributed by atoms with van der Waals surface area (Å²) < 4.78 is 10.5. The summed E-state index contributed by atoms with van der Waals surface area (Å²) in [5.74, 6) is -0.824. The summed E-state index contributed by atoms with van der Waals surface area (Å²) in [4.78, 5) is 39.4. The second kappa shape index (κ2) is 6.58. The van der Waals surface area contributed by atoms with Gasteiger partial charge in [0.15, 0.2) is 11.1 Å². The Bertz CT molecular complexity index is 1270. The Labute approximate surface area is 157 Å². The molecule has 8 nitrogen and oxygen atoms in total. The van der Waals surface area contributed by atoms with Crippen molar-refractivity contribution in [3.05, 3.63) is 91.5 Å². The van der Waals surface area contributed by atoms with Crippen molar-refractivity contribution in [2.75, 3.05) is 0 Å². The van der Waals surface area contributed by atoms with Crippen LogP contribution in [0, 0.1) is 17.0 Å². The van der Waals surface area contributed by atoms with Gasteiger partial charge in [-0.3, -0.25) is 14.9 Å². The Kier molecular flexibility index (Phi) is 4.08. The Morgan fingerprint density at radius 3 is 2.71 bits per heavy atom. The predicted octanol–water partition coefficient (Wildman–Crippen LogP) is 3.35. The van der Waals surface area contributed by atoms with E-state index in [4.69, 9.17) is 9.15 Å². The van der Waals surface area contributed by atoms with E-state index < -0.39 is 10.9 Å². The number of benzene rings is 2. The molecule has 2 aromatic carbocycles. The first-order chi connectivity index (χ1) is 13.4. The Balaban J connectivity index is 1.76. The van der Waals surface area contributed by atoms with Crippen LogP contribution in [-0.4, -0.2) is 16.8 Å². The van der Waals surface area contributed by atoms with Crippen molar-refractivity contribution in [3.8, 4) is 0 Å². The second-order valence-corrected chi connectivity index (χ2v) is 6.11. The number of ether oxygens (including phenoxy) is 1. The van der Waals surface area contributed by atoms with Crippen molar-refractivity contribution in [2.24, 2.45) is 4.99 Å². The standard InChI is InChI=1S/C20H12N2O6/c1-11-6-7-12(9-16(11)22(25)26)19-21-15(20(24)28-19)8-13-10-27-17-5-3-2-4-14(17)18(13)23/h2-10H,1H3. The molecule has 0 fully saturated rings. The molecule has 0 unspecified atom stereocenters. The number of nitrogens with zero attached hydrogens (tertiary/aromatic N) is 2. The van der Waals surface area contributed by atoms with E-state index >= 15 is 0 Å². The molecule has 2 heterocycles. The number of esters is 1. The van der Waals surface area contributed by atoms with Gasteiger partial charge in [0.1, 0.15) is 11.8 Å². The molecule has 0 spiro atoms. The molecule has 0 aliphatic carbocycles. The van der Waals surface area contributed by atoms with Gasteiger partial charge in [-0.25, -0.2) is 9.79 Å². The van der Waals surface area contributed by atoms with Gasteiger partial charge in [0, 0.05) is 17.2 Å². The van der Waals surface area contributed by atoms with Crippen molar-refractivity contribution < 1.29 is 18.9 Å². The number of hydrogen-bond donors (Lipinski definition) is 0. The molecule has 0 amide bonds. The van der Waals surface area contributed by atoms with Crippen LogP contribution in [0.2, 0.25) is 0 Å². The molecule has 1 aromatic heterocycles. The Morgan fingerprint density at radius 1 is 1.14 bits per heavy atom. The molecule has 0 radical (unpaired) electrons. The number of rotatable bonds is 3. The minimum atomic E-state index is -0.759. The van der Waals surface area contributed by atoms with Gasteiger partial charge in [-0.1, -0.05) is 18.2 Å². The van der Waals surface area contributed by atoms with E-state index in [1.54, 1.807) is 43.3 Å². The molecule has 1 aliphatic rings. The highest BCUT2D eigenvalue weighted by atomic mass is 16.6. The monoisotopic (exact) mass is 376 g/mol. The van der Waals surface area contributed by atoms with Gasteiger partial charge < -0.3 is 9.15 Å². The van der Waals surface area contributed by atoms with Gasteiger partial charge in [-0.2, -0.15) is 0 Å². The lowest BCUT2D eigenvalue weighted by molar-refractivity contribution is -0.385. The summed E-state index contributed by atoms with van der Waals surface area (Å²) in [6.07, 6.45) is 2.52. The molecule has 28 heavy (non-hydrogen) atoms. The average Bonchev–Trinajstić information content (AvgIpc) is 3.05. The number of nitro groups is 1. The highest BCUT2D eigenvalue weighted by Gasteiger charge is 2.26. The third kappa shape index (κ3) is 2.96. The highest BCUT2D eigenvalue weighted by Crippen LogP contribution is 2.24. The minimum Gasteiger partial charge on any atom is -0.463 e. The maximum Gasteiger partial charge on any atom is 0.363 e. The summed E-state index contributed by atoms with van der Waals surface area (Å²) >= 11 is 0. The SMILES string of the molecule is Cc1ccc(C2=NC(=Cc3coc4ccccc4c3=O)C(=O)O2)cc1[N+](=O)[O-]. The summed E-state index contributed by atoms with van der Waals surface area (Å²) in [5.41, 5.74) is 0.828. The molecular formula is C20H12N2O6. The van der Waals surface area contributed by atoms with Crippen molar-refractivity contribution in [1.29, 1.82) is 0 Å². The number of fused-ring (bicyclic) bond motifs is 1. The van der Waals surface area contributed by atoms with Gasteiger partial charge in [-0.05, 0) is 31.2 Å². The van der Waals surface area contributed by atoms with Crippen LogP contribution in [0.3, 0.4) is 0 Å². The number of hydrogen-bond acceptors (Lipinski definition) is 7. The van der Waals surface area contributed by atoms with Crippen LogP contribution in [0.4, 0.5) is 5.69 Å². The van der Waals surface area contributed by atoms with Crippen LogP contribution in [0.5, 0.6) is 0 Å². The Morgan fingerprint density at radius 2 is 1.93 bits per heavy atom. The zero-order valence-corrected chi connectivity index (χ0v) is 14.5. The molecule has 0 N–H and O–H groups in total. The summed E-state index contributed by atoms with van der Waals surface area (Å²) in [5, 5.41) is 11.5. The summed E-state index contributed by atoms with van der Waals surface area (Å²) in [6.45, 7) is 1.61. The molecule has 0 saturated heterocycles. The van der Waals surface area contributed by atoms with Crippen molar-refractivity contribution in [3.63, 3.8) is 0 Å². The molecule has 8 heteroatoms. The van der Waals surface area contributed by atoms with Crippen molar-refractivity contribution >= 4 is 34.6 Å². The minimum absolute atomic E-state index is 0.0653. The summed E-state index contributed by atoms with van der Waals surface area (Å²) in [6, 6.07) is 11.1. The number of carbonyl (C=O) groups is 1. The average molecular weight is 376 g/mol. The number of aliphatic imine (C=N–C) groups is 1.